The molecule has 2 aliphatic rings. The molecule has 6 heteroatoms. The summed E-state index contributed by atoms with van der Waals surface area (Å²) in [5.74, 6) is 1.86. The van der Waals surface area contributed by atoms with E-state index < -0.39 is 11.1 Å². The smallest absolute Gasteiger partial charge is 0.133 e. The summed E-state index contributed by atoms with van der Waals surface area (Å²) in [6, 6.07) is 0. The zero-order valence-electron chi connectivity index (χ0n) is 13.0. The van der Waals surface area contributed by atoms with Crippen LogP contribution in [0.2, 0.25) is 0 Å². The number of rotatable bonds is 4. The molecule has 0 aromatic rings. The Kier molecular flexibility index (Phi) is 4.40. The third kappa shape index (κ3) is 3.55. The summed E-state index contributed by atoms with van der Waals surface area (Å²) in [6.45, 7) is 11.8. The third-order valence-electron chi connectivity index (χ3n) is 3.50. The topological polar surface area (TPSA) is 73.5 Å². The highest BCUT2D eigenvalue weighted by Gasteiger charge is 2.30. The molecule has 6 nitrogen and oxygen atoms in total. The van der Waals surface area contributed by atoms with Gasteiger partial charge < -0.3 is 10.6 Å². The van der Waals surface area contributed by atoms with Crippen molar-refractivity contribution in [3.63, 3.8) is 0 Å². The first-order valence-electron chi connectivity index (χ1n) is 7.43. The van der Waals surface area contributed by atoms with Gasteiger partial charge in [0.1, 0.15) is 22.7 Å². The summed E-state index contributed by atoms with van der Waals surface area (Å²) in [7, 11) is 0. The average Bonchev–Trinajstić information content (AvgIpc) is 2.47. The lowest BCUT2D eigenvalue weighted by atomic mass is 10.0. The van der Waals surface area contributed by atoms with Crippen LogP contribution in [0.4, 0.5) is 0 Å². The SMILES string of the molecule is CC(C)(N=NC(C)(C)C1=NCCCN1)C1=NCCCN1. The van der Waals surface area contributed by atoms with Crippen LogP contribution in [0.25, 0.3) is 0 Å². The van der Waals surface area contributed by atoms with Gasteiger partial charge in [0, 0.05) is 26.2 Å². The summed E-state index contributed by atoms with van der Waals surface area (Å²) < 4.78 is 0. The fourth-order valence-corrected chi connectivity index (χ4v) is 2.23. The zero-order valence-corrected chi connectivity index (χ0v) is 13.0. The molecule has 0 spiro atoms. The number of hydrogen-bond donors (Lipinski definition) is 2. The van der Waals surface area contributed by atoms with Crippen molar-refractivity contribution in [2.75, 3.05) is 26.2 Å². The summed E-state index contributed by atoms with van der Waals surface area (Å²) in [5, 5.41) is 15.7. The Morgan fingerprint density at radius 3 is 1.50 bits per heavy atom. The number of hydrogen-bond acceptors (Lipinski definition) is 6. The second-order valence-electron chi connectivity index (χ2n) is 6.34. The zero-order chi connectivity index (χ0) is 14.6. The van der Waals surface area contributed by atoms with E-state index in [9.17, 15) is 0 Å². The first-order valence-corrected chi connectivity index (χ1v) is 7.43. The van der Waals surface area contributed by atoms with Crippen molar-refractivity contribution in [1.82, 2.24) is 10.6 Å². The molecule has 0 atom stereocenters. The maximum absolute atomic E-state index is 4.54. The first kappa shape index (κ1) is 14.9. The average molecular weight is 278 g/mol. The number of nitrogens with zero attached hydrogens (tertiary/aromatic N) is 4. The van der Waals surface area contributed by atoms with E-state index in [0.29, 0.717) is 0 Å². The van der Waals surface area contributed by atoms with Gasteiger partial charge in [-0.15, -0.1) is 0 Å². The monoisotopic (exact) mass is 278 g/mol. The van der Waals surface area contributed by atoms with E-state index >= 15 is 0 Å². The quantitative estimate of drug-likeness (QED) is 0.769. The minimum atomic E-state index is -0.410. The number of aliphatic imine (C=N–C) groups is 2. The maximum Gasteiger partial charge on any atom is 0.133 e. The molecule has 2 rings (SSSR count). The van der Waals surface area contributed by atoms with Crippen LogP contribution in [0.5, 0.6) is 0 Å². The highest BCUT2D eigenvalue weighted by atomic mass is 15.2. The second-order valence-corrected chi connectivity index (χ2v) is 6.34. The van der Waals surface area contributed by atoms with Gasteiger partial charge in [-0.05, 0) is 40.5 Å². The van der Waals surface area contributed by atoms with E-state index in [0.717, 1.165) is 50.7 Å². The van der Waals surface area contributed by atoms with Crippen LogP contribution in [-0.2, 0) is 0 Å². The predicted molar refractivity (Wildman–Crippen MR) is 82.9 cm³/mol. The largest absolute Gasteiger partial charge is 0.372 e. The lowest BCUT2D eigenvalue weighted by molar-refractivity contribution is 0.529. The molecule has 0 saturated carbocycles. The van der Waals surface area contributed by atoms with Crippen LogP contribution in [-0.4, -0.2) is 48.9 Å². The van der Waals surface area contributed by atoms with Gasteiger partial charge in [-0.3, -0.25) is 9.98 Å². The normalized spacial score (nSPS) is 21.0. The number of azo groups is 1. The van der Waals surface area contributed by atoms with Crippen molar-refractivity contribution in [3.8, 4) is 0 Å². The van der Waals surface area contributed by atoms with Crippen molar-refractivity contribution < 1.29 is 0 Å². The van der Waals surface area contributed by atoms with E-state index in [1.54, 1.807) is 0 Å². The summed E-state index contributed by atoms with van der Waals surface area (Å²) in [5.41, 5.74) is -0.820. The van der Waals surface area contributed by atoms with E-state index in [4.69, 9.17) is 0 Å². The Morgan fingerprint density at radius 1 is 0.800 bits per heavy atom. The summed E-state index contributed by atoms with van der Waals surface area (Å²) in [6.07, 6.45) is 2.17. The van der Waals surface area contributed by atoms with E-state index in [1.807, 2.05) is 27.7 Å². The number of amidine groups is 2. The standard InChI is InChI=1S/C14H26N6/c1-13(2,11-15-7-5-8-16-11)19-20-14(3,4)12-17-9-6-10-18-12/h5-10H2,1-4H3,(H,15,16)(H,17,18). The molecule has 112 valence electrons. The van der Waals surface area contributed by atoms with Crippen molar-refractivity contribution in [3.05, 3.63) is 0 Å². The molecule has 2 heterocycles. The minimum Gasteiger partial charge on any atom is -0.372 e. The molecular weight excluding hydrogens is 252 g/mol. The molecule has 20 heavy (non-hydrogen) atoms. The molecule has 0 aromatic carbocycles. The maximum atomic E-state index is 4.54. The lowest BCUT2D eigenvalue weighted by Gasteiger charge is -2.29. The van der Waals surface area contributed by atoms with Gasteiger partial charge in [0.15, 0.2) is 0 Å². The van der Waals surface area contributed by atoms with Crippen LogP contribution in [0.15, 0.2) is 20.2 Å². The van der Waals surface area contributed by atoms with Crippen LogP contribution in [0, 0.1) is 0 Å². The predicted octanol–water partition coefficient (Wildman–Crippen LogP) is 1.78. The molecule has 0 unspecified atom stereocenters. The van der Waals surface area contributed by atoms with Crippen molar-refractivity contribution in [2.45, 2.75) is 51.6 Å². The third-order valence-corrected chi connectivity index (χ3v) is 3.50. The van der Waals surface area contributed by atoms with Gasteiger partial charge in [-0.1, -0.05) is 0 Å². The Labute approximate surface area is 121 Å². The van der Waals surface area contributed by atoms with Gasteiger partial charge in [0.2, 0.25) is 0 Å². The van der Waals surface area contributed by atoms with E-state index in [-0.39, 0.29) is 0 Å². The van der Waals surface area contributed by atoms with E-state index in [2.05, 4.69) is 30.8 Å². The van der Waals surface area contributed by atoms with E-state index in [1.165, 1.54) is 0 Å². The highest BCUT2D eigenvalue weighted by Crippen LogP contribution is 2.19. The lowest BCUT2D eigenvalue weighted by Crippen LogP contribution is -2.46. The van der Waals surface area contributed by atoms with Crippen LogP contribution in [0.3, 0.4) is 0 Å². The molecule has 0 saturated heterocycles. The molecule has 0 amide bonds. The molecule has 2 N–H and O–H groups in total. The fraction of sp³-hybridized carbons (Fsp3) is 0.857. The second kappa shape index (κ2) is 5.89. The molecule has 0 bridgehead atoms. The van der Waals surface area contributed by atoms with Gasteiger partial charge in [-0.25, -0.2) is 0 Å². The van der Waals surface area contributed by atoms with Gasteiger partial charge >= 0.3 is 0 Å². The van der Waals surface area contributed by atoms with Crippen molar-refractivity contribution in [2.24, 2.45) is 20.2 Å². The molecule has 2 aliphatic heterocycles. The first-order chi connectivity index (χ1) is 9.42. The molecule has 0 aliphatic carbocycles. The highest BCUT2D eigenvalue weighted by molar-refractivity contribution is 5.92. The molecule has 0 aromatic heterocycles. The molecular formula is C14H26N6. The summed E-state index contributed by atoms with van der Waals surface area (Å²) in [4.78, 5) is 9.04. The van der Waals surface area contributed by atoms with Crippen LogP contribution in [0.1, 0.15) is 40.5 Å². The van der Waals surface area contributed by atoms with Crippen molar-refractivity contribution in [1.29, 1.82) is 0 Å². The van der Waals surface area contributed by atoms with Crippen molar-refractivity contribution >= 4 is 11.7 Å². The minimum absolute atomic E-state index is 0.410. The Balaban J connectivity index is 2.10. The summed E-state index contributed by atoms with van der Waals surface area (Å²) >= 11 is 0. The van der Waals surface area contributed by atoms with Gasteiger partial charge in [0.05, 0.1) is 0 Å². The van der Waals surface area contributed by atoms with Gasteiger partial charge in [-0.2, -0.15) is 10.2 Å². The Bertz CT molecular complexity index is 393. The van der Waals surface area contributed by atoms with Crippen LogP contribution < -0.4 is 10.6 Å². The Morgan fingerprint density at radius 2 is 1.20 bits per heavy atom. The molecule has 0 fully saturated rings. The molecule has 0 radical (unpaired) electrons. The van der Waals surface area contributed by atoms with Crippen LogP contribution >= 0.6 is 0 Å². The fourth-order valence-electron chi connectivity index (χ4n) is 2.23. The van der Waals surface area contributed by atoms with Gasteiger partial charge in [0.25, 0.3) is 0 Å². The number of nitrogens with one attached hydrogen (secondary N) is 2. The Hall–Kier alpha value is -1.46.